The van der Waals surface area contributed by atoms with Gasteiger partial charge in [0.1, 0.15) is 11.5 Å². The topological polar surface area (TPSA) is 68.2 Å². The molecule has 1 aliphatic rings. The van der Waals surface area contributed by atoms with Crippen LogP contribution in [-0.2, 0) is 11.3 Å². The number of carbonyl (C=O) groups is 1. The summed E-state index contributed by atoms with van der Waals surface area (Å²) in [6.07, 6.45) is 1.80. The van der Waals surface area contributed by atoms with Crippen molar-refractivity contribution in [3.8, 4) is 11.5 Å². The monoisotopic (exact) mass is 309 g/mol. The summed E-state index contributed by atoms with van der Waals surface area (Å²) in [7, 11) is 3.24. The number of benzene rings is 1. The predicted octanol–water partition coefficient (Wildman–Crippen LogP) is 2.75. The lowest BCUT2D eigenvalue weighted by Gasteiger charge is -2.19. The Morgan fingerprint density at radius 3 is 2.55 bits per heavy atom. The lowest BCUT2D eigenvalue weighted by atomic mass is 10.2. The van der Waals surface area contributed by atoms with Crippen molar-refractivity contribution in [2.75, 3.05) is 27.4 Å². The average molecular weight is 309 g/mol. The molecule has 1 saturated carbocycles. The van der Waals surface area contributed by atoms with E-state index in [1.807, 2.05) is 12.1 Å². The first-order valence-electron chi connectivity index (χ1n) is 7.43. The van der Waals surface area contributed by atoms with Gasteiger partial charge in [-0.15, -0.1) is 0 Å². The van der Waals surface area contributed by atoms with Crippen LogP contribution in [0.15, 0.2) is 18.2 Å². The summed E-state index contributed by atoms with van der Waals surface area (Å²) in [6, 6.07) is 5.67. The highest BCUT2D eigenvalue weighted by atomic mass is 16.5. The number of methoxy groups -OCH3 is 2. The van der Waals surface area contributed by atoms with Crippen LogP contribution in [0.5, 0.6) is 11.5 Å². The molecular weight excluding hydrogens is 286 g/mol. The lowest BCUT2D eigenvalue weighted by molar-refractivity contribution is 0.139. The van der Waals surface area contributed by atoms with Crippen molar-refractivity contribution >= 4 is 6.09 Å². The highest BCUT2D eigenvalue weighted by Crippen LogP contribution is 2.30. The maximum absolute atomic E-state index is 11.3. The summed E-state index contributed by atoms with van der Waals surface area (Å²) in [5.41, 5.74) is 0.871. The first-order valence-corrected chi connectivity index (χ1v) is 7.43. The van der Waals surface area contributed by atoms with Gasteiger partial charge in [0.2, 0.25) is 0 Å². The highest BCUT2D eigenvalue weighted by Gasteiger charge is 2.32. The third kappa shape index (κ3) is 4.80. The number of carboxylic acid groups (broad SMARTS) is 1. The number of amides is 1. The van der Waals surface area contributed by atoms with Crippen molar-refractivity contribution in [2.45, 2.75) is 31.8 Å². The van der Waals surface area contributed by atoms with Crippen molar-refractivity contribution in [3.05, 3.63) is 23.8 Å². The fourth-order valence-electron chi connectivity index (χ4n) is 2.25. The van der Waals surface area contributed by atoms with Crippen LogP contribution in [0.1, 0.15) is 24.8 Å². The van der Waals surface area contributed by atoms with Crippen molar-refractivity contribution in [2.24, 2.45) is 0 Å². The SMILES string of the molecule is COCCCOc1cc(CN(C(=O)O)C2CC2)cc(OC)c1. The highest BCUT2D eigenvalue weighted by molar-refractivity contribution is 5.66. The molecule has 0 aliphatic heterocycles. The Bertz CT molecular complexity index is 501. The molecule has 6 heteroatoms. The normalized spacial score (nSPS) is 13.7. The van der Waals surface area contributed by atoms with E-state index >= 15 is 0 Å². The van der Waals surface area contributed by atoms with Gasteiger partial charge in [-0.25, -0.2) is 4.79 Å². The molecule has 122 valence electrons. The van der Waals surface area contributed by atoms with Crippen molar-refractivity contribution in [1.29, 1.82) is 0 Å². The molecule has 0 radical (unpaired) electrons. The largest absolute Gasteiger partial charge is 0.497 e. The van der Waals surface area contributed by atoms with Crippen molar-refractivity contribution in [1.82, 2.24) is 4.90 Å². The Balaban J connectivity index is 2.04. The van der Waals surface area contributed by atoms with Crippen molar-refractivity contribution in [3.63, 3.8) is 0 Å². The van der Waals surface area contributed by atoms with Crippen LogP contribution < -0.4 is 9.47 Å². The Morgan fingerprint density at radius 1 is 1.23 bits per heavy atom. The maximum Gasteiger partial charge on any atom is 0.407 e. The maximum atomic E-state index is 11.3. The molecule has 0 heterocycles. The van der Waals surface area contributed by atoms with Crippen LogP contribution in [0.25, 0.3) is 0 Å². The van der Waals surface area contributed by atoms with Gasteiger partial charge in [-0.3, -0.25) is 0 Å². The smallest absolute Gasteiger partial charge is 0.407 e. The second kappa shape index (κ2) is 7.89. The molecule has 0 bridgehead atoms. The number of hydrogen-bond acceptors (Lipinski definition) is 4. The molecular formula is C16H23NO5. The summed E-state index contributed by atoms with van der Waals surface area (Å²) in [4.78, 5) is 12.8. The molecule has 0 saturated heterocycles. The van der Waals surface area contributed by atoms with E-state index in [0.717, 1.165) is 24.8 Å². The van der Waals surface area contributed by atoms with Gasteiger partial charge < -0.3 is 24.2 Å². The fourth-order valence-corrected chi connectivity index (χ4v) is 2.25. The van der Waals surface area contributed by atoms with Gasteiger partial charge in [0.15, 0.2) is 0 Å². The Labute approximate surface area is 130 Å². The molecule has 0 atom stereocenters. The van der Waals surface area contributed by atoms with Gasteiger partial charge in [-0.1, -0.05) is 0 Å². The number of nitrogens with zero attached hydrogens (tertiary/aromatic N) is 1. The van der Waals surface area contributed by atoms with E-state index < -0.39 is 6.09 Å². The van der Waals surface area contributed by atoms with E-state index in [-0.39, 0.29) is 6.04 Å². The average Bonchev–Trinajstić information content (AvgIpc) is 3.33. The summed E-state index contributed by atoms with van der Waals surface area (Å²) < 4.78 is 15.9. The van der Waals surface area contributed by atoms with Gasteiger partial charge in [0, 0.05) is 38.8 Å². The van der Waals surface area contributed by atoms with Gasteiger partial charge in [-0.05, 0) is 30.5 Å². The molecule has 1 fully saturated rings. The van der Waals surface area contributed by atoms with E-state index in [9.17, 15) is 9.90 Å². The van der Waals surface area contributed by atoms with Gasteiger partial charge in [0.25, 0.3) is 0 Å². The summed E-state index contributed by atoms with van der Waals surface area (Å²) >= 11 is 0. The number of rotatable bonds is 9. The molecule has 0 spiro atoms. The molecule has 1 aromatic rings. The molecule has 0 unspecified atom stereocenters. The van der Waals surface area contributed by atoms with Crippen LogP contribution in [0.4, 0.5) is 4.79 Å². The van der Waals surface area contributed by atoms with Crippen LogP contribution in [0, 0.1) is 0 Å². The Hall–Kier alpha value is -1.95. The zero-order chi connectivity index (χ0) is 15.9. The summed E-state index contributed by atoms with van der Waals surface area (Å²) in [5.74, 6) is 1.35. The quantitative estimate of drug-likeness (QED) is 0.710. The van der Waals surface area contributed by atoms with E-state index in [1.54, 1.807) is 20.3 Å². The molecule has 0 aromatic heterocycles. The molecule has 6 nitrogen and oxygen atoms in total. The summed E-state index contributed by atoms with van der Waals surface area (Å²) in [5, 5.41) is 9.29. The van der Waals surface area contributed by atoms with E-state index in [4.69, 9.17) is 14.2 Å². The van der Waals surface area contributed by atoms with Gasteiger partial charge >= 0.3 is 6.09 Å². The predicted molar refractivity (Wildman–Crippen MR) is 81.6 cm³/mol. The van der Waals surface area contributed by atoms with E-state index in [2.05, 4.69) is 0 Å². The van der Waals surface area contributed by atoms with E-state index in [0.29, 0.717) is 31.3 Å². The Morgan fingerprint density at radius 2 is 1.95 bits per heavy atom. The second-order valence-corrected chi connectivity index (χ2v) is 5.35. The minimum Gasteiger partial charge on any atom is -0.497 e. The minimum atomic E-state index is -0.882. The minimum absolute atomic E-state index is 0.148. The zero-order valence-electron chi connectivity index (χ0n) is 13.1. The first kappa shape index (κ1) is 16.4. The Kier molecular flexibility index (Phi) is 5.89. The molecule has 1 amide bonds. The molecule has 1 N–H and O–H groups in total. The first-order chi connectivity index (χ1) is 10.6. The fraction of sp³-hybridized carbons (Fsp3) is 0.562. The summed E-state index contributed by atoms with van der Waals surface area (Å²) in [6.45, 7) is 1.54. The van der Waals surface area contributed by atoms with Crippen LogP contribution in [-0.4, -0.2) is 49.6 Å². The number of ether oxygens (including phenoxy) is 3. The second-order valence-electron chi connectivity index (χ2n) is 5.35. The third-order valence-corrected chi connectivity index (χ3v) is 3.52. The molecule has 1 aliphatic carbocycles. The molecule has 1 aromatic carbocycles. The molecule has 22 heavy (non-hydrogen) atoms. The zero-order valence-corrected chi connectivity index (χ0v) is 13.1. The van der Waals surface area contributed by atoms with Crippen LogP contribution in [0.2, 0.25) is 0 Å². The molecule has 2 rings (SSSR count). The van der Waals surface area contributed by atoms with Crippen LogP contribution >= 0.6 is 0 Å². The van der Waals surface area contributed by atoms with E-state index in [1.165, 1.54) is 4.90 Å². The van der Waals surface area contributed by atoms with Gasteiger partial charge in [0.05, 0.1) is 13.7 Å². The third-order valence-electron chi connectivity index (χ3n) is 3.52. The van der Waals surface area contributed by atoms with Gasteiger partial charge in [-0.2, -0.15) is 0 Å². The van der Waals surface area contributed by atoms with Crippen molar-refractivity contribution < 1.29 is 24.1 Å². The van der Waals surface area contributed by atoms with Crippen LogP contribution in [0.3, 0.4) is 0 Å². The standard InChI is InChI=1S/C16H23NO5/c1-20-6-3-7-22-15-9-12(8-14(10-15)21-2)11-17(16(18)19)13-4-5-13/h8-10,13H,3-7,11H2,1-2H3,(H,18,19). The number of hydrogen-bond donors (Lipinski definition) is 1. The lowest BCUT2D eigenvalue weighted by Crippen LogP contribution is -2.30.